The molecule has 0 amide bonds. The monoisotopic (exact) mass is 230 g/mol. The zero-order valence-corrected chi connectivity index (χ0v) is 9.87. The summed E-state index contributed by atoms with van der Waals surface area (Å²) in [6.45, 7) is 2.12. The predicted octanol–water partition coefficient (Wildman–Crippen LogP) is 3.80. The van der Waals surface area contributed by atoms with E-state index < -0.39 is 5.60 Å². The summed E-state index contributed by atoms with van der Waals surface area (Å²) < 4.78 is 0. The summed E-state index contributed by atoms with van der Waals surface area (Å²) in [5.74, 6) is 0.326. The van der Waals surface area contributed by atoms with E-state index in [0.717, 1.165) is 29.2 Å². The van der Waals surface area contributed by atoms with Crippen LogP contribution in [0.4, 0.5) is 0 Å². The Kier molecular flexibility index (Phi) is 2.87. The highest BCUT2D eigenvalue weighted by atomic mass is 35.5. The fraction of sp³-hybridized carbons (Fsp3) is 0.636. The van der Waals surface area contributed by atoms with E-state index in [1.54, 1.807) is 11.3 Å². The first kappa shape index (κ1) is 10.5. The van der Waals surface area contributed by atoms with Crippen LogP contribution < -0.4 is 0 Å². The molecule has 0 saturated heterocycles. The van der Waals surface area contributed by atoms with Crippen molar-refractivity contribution in [2.75, 3.05) is 0 Å². The number of thiophene rings is 1. The molecule has 3 heteroatoms. The maximum absolute atomic E-state index is 10.6. The summed E-state index contributed by atoms with van der Waals surface area (Å²) in [6.07, 6.45) is 4.29. The van der Waals surface area contributed by atoms with E-state index in [-0.39, 0.29) is 0 Å². The van der Waals surface area contributed by atoms with Gasteiger partial charge in [0.25, 0.3) is 0 Å². The van der Waals surface area contributed by atoms with Gasteiger partial charge in [0.1, 0.15) is 5.60 Å². The fourth-order valence-corrected chi connectivity index (χ4v) is 3.73. The van der Waals surface area contributed by atoms with Crippen LogP contribution in [0, 0.1) is 5.92 Å². The molecule has 0 aliphatic heterocycles. The molecule has 2 unspecified atom stereocenters. The molecule has 0 radical (unpaired) electrons. The highest BCUT2D eigenvalue weighted by molar-refractivity contribution is 7.10. The van der Waals surface area contributed by atoms with Crippen molar-refractivity contribution in [2.45, 2.75) is 38.2 Å². The average Bonchev–Trinajstić information content (AvgIpc) is 2.57. The molecular weight excluding hydrogens is 216 g/mol. The van der Waals surface area contributed by atoms with Gasteiger partial charge in [0.2, 0.25) is 0 Å². The van der Waals surface area contributed by atoms with Gasteiger partial charge in [-0.2, -0.15) is 0 Å². The number of aliphatic hydroxyl groups is 1. The average molecular weight is 231 g/mol. The van der Waals surface area contributed by atoms with Crippen molar-refractivity contribution < 1.29 is 5.11 Å². The molecule has 1 aliphatic carbocycles. The smallest absolute Gasteiger partial charge is 0.103 e. The molecule has 0 spiro atoms. The molecule has 1 heterocycles. The molecule has 1 nitrogen and oxygen atoms in total. The minimum atomic E-state index is -0.663. The lowest BCUT2D eigenvalue weighted by Crippen LogP contribution is -2.35. The van der Waals surface area contributed by atoms with E-state index in [2.05, 4.69) is 6.92 Å². The van der Waals surface area contributed by atoms with Gasteiger partial charge < -0.3 is 5.11 Å². The molecule has 78 valence electrons. The second-order valence-electron chi connectivity index (χ2n) is 4.17. The molecule has 1 saturated carbocycles. The van der Waals surface area contributed by atoms with Crippen LogP contribution in [0.1, 0.15) is 37.5 Å². The zero-order valence-electron chi connectivity index (χ0n) is 8.29. The Morgan fingerprint density at radius 1 is 1.57 bits per heavy atom. The molecule has 0 bridgehead atoms. The van der Waals surface area contributed by atoms with E-state index in [0.29, 0.717) is 5.92 Å². The van der Waals surface area contributed by atoms with Crippen LogP contribution >= 0.6 is 22.9 Å². The number of halogens is 1. The standard InChI is InChI=1S/C11H15ClOS/c1-8-4-2-3-6-11(8,13)10-9(12)5-7-14-10/h5,7-8,13H,2-4,6H2,1H3. The summed E-state index contributed by atoms with van der Waals surface area (Å²) in [6, 6.07) is 1.88. The van der Waals surface area contributed by atoms with E-state index in [9.17, 15) is 5.11 Å². The van der Waals surface area contributed by atoms with Crippen LogP contribution in [0.3, 0.4) is 0 Å². The molecule has 2 atom stereocenters. The van der Waals surface area contributed by atoms with Gasteiger partial charge in [0, 0.05) is 0 Å². The Hall–Kier alpha value is -0.0500. The Morgan fingerprint density at radius 2 is 2.36 bits per heavy atom. The first-order valence-corrected chi connectivity index (χ1v) is 6.36. The largest absolute Gasteiger partial charge is 0.384 e. The van der Waals surface area contributed by atoms with Crippen LogP contribution in [0.15, 0.2) is 11.4 Å². The van der Waals surface area contributed by atoms with Crippen molar-refractivity contribution in [1.82, 2.24) is 0 Å². The first-order valence-electron chi connectivity index (χ1n) is 5.10. The minimum absolute atomic E-state index is 0.326. The summed E-state index contributed by atoms with van der Waals surface area (Å²) in [5.41, 5.74) is -0.663. The van der Waals surface area contributed by atoms with Crippen molar-refractivity contribution in [2.24, 2.45) is 5.92 Å². The minimum Gasteiger partial charge on any atom is -0.384 e. The number of hydrogen-bond donors (Lipinski definition) is 1. The van der Waals surface area contributed by atoms with Gasteiger partial charge in [-0.3, -0.25) is 0 Å². The van der Waals surface area contributed by atoms with Gasteiger partial charge in [-0.1, -0.05) is 31.4 Å². The van der Waals surface area contributed by atoms with Crippen LogP contribution in [-0.4, -0.2) is 5.11 Å². The lowest BCUT2D eigenvalue weighted by Gasteiger charge is -2.37. The third kappa shape index (κ3) is 1.60. The van der Waals surface area contributed by atoms with Crippen LogP contribution in [-0.2, 0) is 5.60 Å². The van der Waals surface area contributed by atoms with Gasteiger partial charge in [0.05, 0.1) is 9.90 Å². The molecule has 1 aliphatic rings. The Balaban J connectivity index is 2.34. The Morgan fingerprint density at radius 3 is 2.93 bits per heavy atom. The topological polar surface area (TPSA) is 20.2 Å². The van der Waals surface area contributed by atoms with Crippen LogP contribution in [0.25, 0.3) is 0 Å². The Bertz CT molecular complexity index is 323. The van der Waals surface area contributed by atoms with Gasteiger partial charge in [-0.25, -0.2) is 0 Å². The molecule has 1 aromatic rings. The van der Waals surface area contributed by atoms with Gasteiger partial charge >= 0.3 is 0 Å². The first-order chi connectivity index (χ1) is 6.64. The van der Waals surface area contributed by atoms with Crippen molar-refractivity contribution in [3.63, 3.8) is 0 Å². The fourth-order valence-electron chi connectivity index (χ4n) is 2.27. The SMILES string of the molecule is CC1CCCCC1(O)c1sccc1Cl. The molecule has 1 N–H and O–H groups in total. The number of rotatable bonds is 1. The summed E-state index contributed by atoms with van der Waals surface area (Å²) in [5, 5.41) is 13.3. The van der Waals surface area contributed by atoms with Crippen molar-refractivity contribution in [1.29, 1.82) is 0 Å². The third-order valence-corrected chi connectivity index (χ3v) is 4.78. The van der Waals surface area contributed by atoms with E-state index >= 15 is 0 Å². The van der Waals surface area contributed by atoms with E-state index in [1.807, 2.05) is 11.4 Å². The summed E-state index contributed by atoms with van der Waals surface area (Å²) in [7, 11) is 0. The predicted molar refractivity (Wildman–Crippen MR) is 60.9 cm³/mol. The van der Waals surface area contributed by atoms with E-state index in [4.69, 9.17) is 11.6 Å². The molecule has 1 aromatic heterocycles. The van der Waals surface area contributed by atoms with Crippen molar-refractivity contribution in [3.05, 3.63) is 21.3 Å². The lowest BCUT2D eigenvalue weighted by atomic mass is 9.75. The maximum Gasteiger partial charge on any atom is 0.103 e. The molecule has 2 rings (SSSR count). The Labute approximate surface area is 93.7 Å². The third-order valence-electron chi connectivity index (χ3n) is 3.27. The second kappa shape index (κ2) is 3.84. The van der Waals surface area contributed by atoms with Crippen LogP contribution in [0.2, 0.25) is 5.02 Å². The summed E-state index contributed by atoms with van der Waals surface area (Å²) >= 11 is 7.66. The van der Waals surface area contributed by atoms with Gasteiger partial charge in [0.15, 0.2) is 0 Å². The summed E-state index contributed by atoms with van der Waals surface area (Å²) in [4.78, 5) is 0.964. The van der Waals surface area contributed by atoms with Crippen molar-refractivity contribution in [3.8, 4) is 0 Å². The lowest BCUT2D eigenvalue weighted by molar-refractivity contribution is -0.0437. The molecule has 0 aromatic carbocycles. The quantitative estimate of drug-likeness (QED) is 0.778. The normalized spacial score (nSPS) is 33.2. The van der Waals surface area contributed by atoms with Gasteiger partial charge in [-0.15, -0.1) is 11.3 Å². The highest BCUT2D eigenvalue weighted by Crippen LogP contribution is 2.45. The van der Waals surface area contributed by atoms with Gasteiger partial charge in [-0.05, 0) is 30.2 Å². The molecule has 14 heavy (non-hydrogen) atoms. The zero-order chi connectivity index (χ0) is 10.2. The molecule has 1 fully saturated rings. The second-order valence-corrected chi connectivity index (χ2v) is 5.49. The van der Waals surface area contributed by atoms with Crippen LogP contribution in [0.5, 0.6) is 0 Å². The van der Waals surface area contributed by atoms with Crippen molar-refractivity contribution >= 4 is 22.9 Å². The number of hydrogen-bond acceptors (Lipinski definition) is 2. The van der Waals surface area contributed by atoms with E-state index in [1.165, 1.54) is 6.42 Å². The molecular formula is C11H15ClOS. The highest BCUT2D eigenvalue weighted by Gasteiger charge is 2.39. The maximum atomic E-state index is 10.6.